The molecule has 0 saturated carbocycles. The Morgan fingerprint density at radius 1 is 1.43 bits per heavy atom. The van der Waals surface area contributed by atoms with Gasteiger partial charge in [0.05, 0.1) is 11.9 Å². The van der Waals surface area contributed by atoms with Crippen molar-refractivity contribution in [2.24, 2.45) is 0 Å². The van der Waals surface area contributed by atoms with Gasteiger partial charge in [0.15, 0.2) is 0 Å². The summed E-state index contributed by atoms with van der Waals surface area (Å²) in [4.78, 5) is 0. The fourth-order valence-corrected chi connectivity index (χ4v) is 1.75. The SMILES string of the molecule is Cc1c(N)cc(NS(C)(=O)=O)cc1Cl. The third-order valence-corrected chi connectivity index (χ3v) is 2.69. The number of benzene rings is 1. The number of halogens is 1. The Morgan fingerprint density at radius 2 is 2.00 bits per heavy atom. The van der Waals surface area contributed by atoms with Crippen molar-refractivity contribution in [3.63, 3.8) is 0 Å². The average molecular weight is 235 g/mol. The lowest BCUT2D eigenvalue weighted by atomic mass is 10.2. The molecule has 0 saturated heterocycles. The van der Waals surface area contributed by atoms with Crippen LogP contribution in [0, 0.1) is 6.92 Å². The van der Waals surface area contributed by atoms with E-state index in [4.69, 9.17) is 17.3 Å². The molecule has 78 valence electrons. The van der Waals surface area contributed by atoms with Gasteiger partial charge in [-0.1, -0.05) is 11.6 Å². The first-order valence-electron chi connectivity index (χ1n) is 3.83. The molecule has 0 fully saturated rings. The predicted molar refractivity (Wildman–Crippen MR) is 59.1 cm³/mol. The van der Waals surface area contributed by atoms with Gasteiger partial charge in [0.2, 0.25) is 10.0 Å². The van der Waals surface area contributed by atoms with Crippen LogP contribution in [-0.4, -0.2) is 14.7 Å². The fraction of sp³-hybridized carbons (Fsp3) is 0.250. The first kappa shape index (κ1) is 11.1. The number of nitrogen functional groups attached to an aromatic ring is 1. The zero-order chi connectivity index (χ0) is 10.9. The molecular weight excluding hydrogens is 224 g/mol. The van der Waals surface area contributed by atoms with E-state index in [2.05, 4.69) is 4.72 Å². The van der Waals surface area contributed by atoms with Gasteiger partial charge in [-0.3, -0.25) is 4.72 Å². The van der Waals surface area contributed by atoms with Crippen LogP contribution in [0.15, 0.2) is 12.1 Å². The Labute approximate surface area is 88.1 Å². The summed E-state index contributed by atoms with van der Waals surface area (Å²) in [7, 11) is -3.29. The molecule has 1 rings (SSSR count). The standard InChI is InChI=1S/C8H11ClN2O2S/c1-5-7(9)3-6(4-8(5)10)11-14(2,12)13/h3-4,11H,10H2,1-2H3. The van der Waals surface area contributed by atoms with E-state index in [1.165, 1.54) is 12.1 Å². The number of hydrogen-bond acceptors (Lipinski definition) is 3. The molecule has 0 bridgehead atoms. The van der Waals surface area contributed by atoms with E-state index in [0.717, 1.165) is 11.8 Å². The van der Waals surface area contributed by atoms with Crippen molar-refractivity contribution in [3.05, 3.63) is 22.7 Å². The Kier molecular flexibility index (Phi) is 2.92. The van der Waals surface area contributed by atoms with Crippen molar-refractivity contribution in [3.8, 4) is 0 Å². The van der Waals surface area contributed by atoms with Gasteiger partial charge >= 0.3 is 0 Å². The van der Waals surface area contributed by atoms with Crippen LogP contribution in [0.4, 0.5) is 11.4 Å². The summed E-state index contributed by atoms with van der Waals surface area (Å²) in [6.07, 6.45) is 1.07. The van der Waals surface area contributed by atoms with Gasteiger partial charge in [-0.25, -0.2) is 8.42 Å². The van der Waals surface area contributed by atoms with Crippen LogP contribution in [0.1, 0.15) is 5.56 Å². The summed E-state index contributed by atoms with van der Waals surface area (Å²) in [5, 5.41) is 0.441. The fourth-order valence-electron chi connectivity index (χ4n) is 0.973. The Hall–Kier alpha value is -0.940. The zero-order valence-corrected chi connectivity index (χ0v) is 9.41. The molecule has 0 aromatic heterocycles. The van der Waals surface area contributed by atoms with Crippen molar-refractivity contribution < 1.29 is 8.42 Å². The van der Waals surface area contributed by atoms with Crippen LogP contribution in [-0.2, 0) is 10.0 Å². The Morgan fingerprint density at radius 3 is 2.43 bits per heavy atom. The van der Waals surface area contributed by atoms with Crippen molar-refractivity contribution in [2.75, 3.05) is 16.7 Å². The topological polar surface area (TPSA) is 72.2 Å². The highest BCUT2D eigenvalue weighted by Gasteiger charge is 2.06. The van der Waals surface area contributed by atoms with E-state index >= 15 is 0 Å². The molecule has 3 N–H and O–H groups in total. The first-order valence-corrected chi connectivity index (χ1v) is 6.10. The van der Waals surface area contributed by atoms with Crippen LogP contribution in [0.3, 0.4) is 0 Å². The van der Waals surface area contributed by atoms with Gasteiger partial charge in [-0.15, -0.1) is 0 Å². The maximum atomic E-state index is 10.9. The van der Waals surface area contributed by atoms with E-state index in [0.29, 0.717) is 16.4 Å². The molecule has 6 heteroatoms. The first-order chi connectivity index (χ1) is 6.29. The number of anilines is 2. The third kappa shape index (κ3) is 2.78. The van der Waals surface area contributed by atoms with Gasteiger partial charge in [0.1, 0.15) is 0 Å². The maximum absolute atomic E-state index is 10.9. The summed E-state index contributed by atoms with van der Waals surface area (Å²) in [6, 6.07) is 3.05. The van der Waals surface area contributed by atoms with Gasteiger partial charge in [-0.05, 0) is 24.6 Å². The number of hydrogen-bond donors (Lipinski definition) is 2. The lowest BCUT2D eigenvalue weighted by molar-refractivity contribution is 0.607. The highest BCUT2D eigenvalue weighted by Crippen LogP contribution is 2.26. The number of nitrogens with two attached hydrogens (primary N) is 1. The lowest BCUT2D eigenvalue weighted by Gasteiger charge is -2.08. The normalized spacial score (nSPS) is 11.4. The molecule has 4 nitrogen and oxygen atoms in total. The Bertz CT molecular complexity index is 433. The molecule has 0 spiro atoms. The third-order valence-electron chi connectivity index (χ3n) is 1.69. The summed E-state index contributed by atoms with van der Waals surface area (Å²) >= 11 is 5.83. The predicted octanol–water partition coefficient (Wildman–Crippen LogP) is 1.60. The molecule has 1 aromatic rings. The summed E-state index contributed by atoms with van der Waals surface area (Å²) in [5.41, 5.74) is 7.20. The molecule has 14 heavy (non-hydrogen) atoms. The van der Waals surface area contributed by atoms with Crippen molar-refractivity contribution in [2.45, 2.75) is 6.92 Å². The summed E-state index contributed by atoms with van der Waals surface area (Å²) < 4.78 is 24.1. The molecule has 0 radical (unpaired) electrons. The quantitative estimate of drug-likeness (QED) is 0.764. The van der Waals surface area contributed by atoms with E-state index in [9.17, 15) is 8.42 Å². The van der Waals surface area contributed by atoms with E-state index < -0.39 is 10.0 Å². The van der Waals surface area contributed by atoms with Crippen LogP contribution >= 0.6 is 11.6 Å². The van der Waals surface area contributed by atoms with Crippen molar-refractivity contribution >= 4 is 33.0 Å². The minimum atomic E-state index is -3.29. The highest BCUT2D eigenvalue weighted by atomic mass is 35.5. The minimum absolute atomic E-state index is 0.376. The van der Waals surface area contributed by atoms with Crippen molar-refractivity contribution in [1.29, 1.82) is 0 Å². The zero-order valence-electron chi connectivity index (χ0n) is 7.83. The number of nitrogens with one attached hydrogen (secondary N) is 1. The summed E-state index contributed by atoms with van der Waals surface area (Å²) in [6.45, 7) is 1.77. The number of sulfonamides is 1. The van der Waals surface area contributed by atoms with Gasteiger partial charge in [0.25, 0.3) is 0 Å². The molecule has 0 aliphatic carbocycles. The van der Waals surface area contributed by atoms with Crippen LogP contribution in [0.5, 0.6) is 0 Å². The van der Waals surface area contributed by atoms with Gasteiger partial charge in [0, 0.05) is 10.7 Å². The second-order valence-electron chi connectivity index (χ2n) is 3.05. The molecule has 0 amide bonds. The van der Waals surface area contributed by atoms with Crippen LogP contribution in [0.2, 0.25) is 5.02 Å². The van der Waals surface area contributed by atoms with Crippen LogP contribution in [0.25, 0.3) is 0 Å². The summed E-state index contributed by atoms with van der Waals surface area (Å²) in [5.74, 6) is 0. The smallest absolute Gasteiger partial charge is 0.229 e. The Balaban J connectivity index is 3.14. The second-order valence-corrected chi connectivity index (χ2v) is 5.20. The molecule has 0 atom stereocenters. The molecule has 0 unspecified atom stereocenters. The molecule has 0 aliphatic rings. The lowest BCUT2D eigenvalue weighted by Crippen LogP contribution is -2.10. The monoisotopic (exact) mass is 234 g/mol. The maximum Gasteiger partial charge on any atom is 0.229 e. The number of rotatable bonds is 2. The van der Waals surface area contributed by atoms with Crippen LogP contribution < -0.4 is 10.5 Å². The second kappa shape index (κ2) is 3.67. The van der Waals surface area contributed by atoms with Gasteiger partial charge < -0.3 is 5.73 Å². The highest BCUT2D eigenvalue weighted by molar-refractivity contribution is 7.92. The average Bonchev–Trinajstić information content (AvgIpc) is 1.96. The minimum Gasteiger partial charge on any atom is -0.398 e. The molecule has 0 heterocycles. The molecule has 0 aliphatic heterocycles. The van der Waals surface area contributed by atoms with E-state index in [1.54, 1.807) is 6.92 Å². The van der Waals surface area contributed by atoms with E-state index in [1.807, 2.05) is 0 Å². The molecular formula is C8H11ClN2O2S. The van der Waals surface area contributed by atoms with Crippen molar-refractivity contribution in [1.82, 2.24) is 0 Å². The van der Waals surface area contributed by atoms with E-state index in [-0.39, 0.29) is 0 Å². The molecule has 1 aromatic carbocycles. The van der Waals surface area contributed by atoms with Gasteiger partial charge in [-0.2, -0.15) is 0 Å². The largest absolute Gasteiger partial charge is 0.398 e.